The summed E-state index contributed by atoms with van der Waals surface area (Å²) in [5, 5.41) is 6.24. The topological polar surface area (TPSA) is 106 Å². The van der Waals surface area contributed by atoms with Crippen molar-refractivity contribution in [1.29, 1.82) is 0 Å². The van der Waals surface area contributed by atoms with Gasteiger partial charge in [0.05, 0.1) is 31.1 Å². The molecule has 2 heterocycles. The Morgan fingerprint density at radius 2 is 1.82 bits per heavy atom. The SMILES string of the molecule is COc1cc2c(Oc3ccc(C=NN(C(N)=O)c4ccc(Cl)cc4)cc3F)ccnc2cc1OCCCN1CCN(C)CC1. The lowest BCUT2D eigenvalue weighted by Gasteiger charge is -2.32. The van der Waals surface area contributed by atoms with Crippen LogP contribution in [0.5, 0.6) is 23.0 Å². The molecule has 1 aliphatic heterocycles. The van der Waals surface area contributed by atoms with E-state index in [4.69, 9.17) is 31.5 Å². The third-order valence-electron chi connectivity index (χ3n) is 7.24. The molecule has 1 saturated heterocycles. The van der Waals surface area contributed by atoms with Gasteiger partial charge in [-0.2, -0.15) is 10.1 Å². The Morgan fingerprint density at radius 3 is 2.52 bits per heavy atom. The minimum Gasteiger partial charge on any atom is -0.493 e. The third kappa shape index (κ3) is 7.73. The Morgan fingerprint density at radius 1 is 1.05 bits per heavy atom. The van der Waals surface area contributed by atoms with E-state index < -0.39 is 11.8 Å². The Bertz CT molecular complexity index is 1630. The van der Waals surface area contributed by atoms with E-state index in [0.717, 1.165) is 44.2 Å². The molecule has 1 aromatic heterocycles. The van der Waals surface area contributed by atoms with Crippen molar-refractivity contribution in [1.82, 2.24) is 14.8 Å². The summed E-state index contributed by atoms with van der Waals surface area (Å²) in [6.07, 6.45) is 3.81. The maximum atomic E-state index is 15.1. The van der Waals surface area contributed by atoms with Gasteiger partial charge in [-0.1, -0.05) is 11.6 Å². The summed E-state index contributed by atoms with van der Waals surface area (Å²) in [4.78, 5) is 21.2. The highest BCUT2D eigenvalue weighted by Crippen LogP contribution is 2.37. The highest BCUT2D eigenvalue weighted by atomic mass is 35.5. The summed E-state index contributed by atoms with van der Waals surface area (Å²) < 4.78 is 32.8. The van der Waals surface area contributed by atoms with E-state index in [1.807, 2.05) is 0 Å². The molecule has 0 radical (unpaired) electrons. The fourth-order valence-electron chi connectivity index (χ4n) is 4.79. The second-order valence-corrected chi connectivity index (χ2v) is 10.8. The number of rotatable bonds is 11. The number of methoxy groups -OCH3 is 1. The number of carbonyl (C=O) groups is 1. The van der Waals surface area contributed by atoms with Gasteiger partial charge >= 0.3 is 6.03 Å². The van der Waals surface area contributed by atoms with Gasteiger partial charge in [-0.05, 0) is 73.6 Å². The molecule has 10 nitrogen and oxygen atoms in total. The summed E-state index contributed by atoms with van der Waals surface area (Å²) in [5.41, 5.74) is 6.90. The summed E-state index contributed by atoms with van der Waals surface area (Å²) in [5.74, 6) is 0.895. The lowest BCUT2D eigenvalue weighted by molar-refractivity contribution is 0.145. The number of hydrogen-bond donors (Lipinski definition) is 1. The van der Waals surface area contributed by atoms with Gasteiger partial charge in [-0.3, -0.25) is 4.98 Å². The monoisotopic (exact) mass is 620 g/mol. The minimum atomic E-state index is -0.803. The van der Waals surface area contributed by atoms with E-state index in [0.29, 0.717) is 51.0 Å². The number of aromatic nitrogens is 1. The predicted molar refractivity (Wildman–Crippen MR) is 170 cm³/mol. The van der Waals surface area contributed by atoms with Gasteiger partial charge in [-0.15, -0.1) is 0 Å². The number of anilines is 1. The fraction of sp³-hybridized carbons (Fsp3) is 0.281. The number of urea groups is 1. The lowest BCUT2D eigenvalue weighted by Crippen LogP contribution is -2.44. The highest BCUT2D eigenvalue weighted by Gasteiger charge is 2.16. The van der Waals surface area contributed by atoms with Crippen LogP contribution in [0.2, 0.25) is 5.02 Å². The smallest absolute Gasteiger partial charge is 0.340 e. The van der Waals surface area contributed by atoms with E-state index in [-0.39, 0.29) is 5.75 Å². The number of amides is 2. The molecule has 0 spiro atoms. The Labute approximate surface area is 260 Å². The van der Waals surface area contributed by atoms with Crippen molar-refractivity contribution >= 4 is 40.4 Å². The van der Waals surface area contributed by atoms with Gasteiger partial charge in [0, 0.05) is 55.4 Å². The molecule has 1 aliphatic rings. The number of ether oxygens (including phenoxy) is 3. The van der Waals surface area contributed by atoms with Crippen molar-refractivity contribution in [3.05, 3.63) is 83.3 Å². The average Bonchev–Trinajstić information content (AvgIpc) is 3.02. The molecule has 3 aromatic carbocycles. The summed E-state index contributed by atoms with van der Waals surface area (Å²) in [7, 11) is 3.72. The molecule has 2 N–H and O–H groups in total. The number of benzene rings is 3. The molecule has 0 aliphatic carbocycles. The molecule has 5 rings (SSSR count). The van der Waals surface area contributed by atoms with Gasteiger partial charge in [-0.25, -0.2) is 9.18 Å². The van der Waals surface area contributed by atoms with Crippen LogP contribution >= 0.6 is 11.6 Å². The van der Waals surface area contributed by atoms with E-state index in [1.165, 1.54) is 18.3 Å². The Hall–Kier alpha value is -4.45. The molecule has 1 fully saturated rings. The van der Waals surface area contributed by atoms with Gasteiger partial charge in [0.15, 0.2) is 23.1 Å². The van der Waals surface area contributed by atoms with Crippen LogP contribution in [0, 0.1) is 5.82 Å². The van der Waals surface area contributed by atoms with Gasteiger partial charge in [0.1, 0.15) is 5.75 Å². The maximum absolute atomic E-state index is 15.1. The van der Waals surface area contributed by atoms with Crippen LogP contribution in [0.4, 0.5) is 14.9 Å². The highest BCUT2D eigenvalue weighted by molar-refractivity contribution is 6.30. The Balaban J connectivity index is 1.27. The summed E-state index contributed by atoms with van der Waals surface area (Å²) in [6.45, 7) is 5.82. The summed E-state index contributed by atoms with van der Waals surface area (Å²) in [6, 6.07) is 15.2. The number of likely N-dealkylation sites (N-methyl/N-ethyl adjacent to an activating group) is 1. The van der Waals surface area contributed by atoms with Crippen LogP contribution in [0.15, 0.2) is 72.0 Å². The van der Waals surface area contributed by atoms with E-state index >= 15 is 4.39 Å². The Kier molecular flexibility index (Phi) is 10.1. The van der Waals surface area contributed by atoms with Gasteiger partial charge in [0.25, 0.3) is 0 Å². The number of halogens is 2. The molecule has 4 aromatic rings. The van der Waals surface area contributed by atoms with Crippen LogP contribution < -0.4 is 25.0 Å². The first-order valence-electron chi connectivity index (χ1n) is 14.2. The third-order valence-corrected chi connectivity index (χ3v) is 7.49. The first-order chi connectivity index (χ1) is 21.3. The molecule has 12 heteroatoms. The first kappa shape index (κ1) is 31.0. The van der Waals surface area contributed by atoms with Crippen molar-refractivity contribution in [2.75, 3.05) is 58.5 Å². The van der Waals surface area contributed by atoms with Gasteiger partial charge in [0.2, 0.25) is 0 Å². The van der Waals surface area contributed by atoms with Gasteiger partial charge < -0.3 is 29.7 Å². The lowest BCUT2D eigenvalue weighted by atomic mass is 10.1. The maximum Gasteiger partial charge on any atom is 0.340 e. The van der Waals surface area contributed by atoms with Crippen molar-refractivity contribution in [2.45, 2.75) is 6.42 Å². The molecular formula is C32H34ClFN6O4. The molecule has 0 saturated carbocycles. The average molecular weight is 621 g/mol. The van der Waals surface area contributed by atoms with E-state index in [1.54, 1.807) is 61.8 Å². The number of fused-ring (bicyclic) bond motifs is 1. The second-order valence-electron chi connectivity index (χ2n) is 10.3. The molecule has 0 atom stereocenters. The number of nitrogens with two attached hydrogens (primary N) is 1. The van der Waals surface area contributed by atoms with Crippen LogP contribution in [-0.2, 0) is 0 Å². The van der Waals surface area contributed by atoms with Crippen LogP contribution in [0.1, 0.15) is 12.0 Å². The number of hydrazone groups is 1. The normalized spacial score (nSPS) is 14.2. The van der Waals surface area contributed by atoms with E-state index in [2.05, 4.69) is 26.9 Å². The number of carbonyl (C=O) groups excluding carboxylic acids is 1. The molecule has 2 amide bonds. The molecule has 0 bridgehead atoms. The standard InChI is InChI=1S/C32H34ClFN6O4/c1-38-13-15-39(16-14-38)12-3-17-43-31-20-27-25(19-30(31)42-2)28(10-11-36-27)44-29-9-4-22(18-26(29)34)21-37-40(32(35)41)24-7-5-23(33)6-8-24/h4-11,18-21H,3,12-17H2,1-2H3,(H2,35,41). The fourth-order valence-corrected chi connectivity index (χ4v) is 4.91. The number of pyridine rings is 1. The molecule has 44 heavy (non-hydrogen) atoms. The molecular weight excluding hydrogens is 587 g/mol. The zero-order valence-electron chi connectivity index (χ0n) is 24.6. The van der Waals surface area contributed by atoms with Crippen molar-refractivity contribution in [3.8, 4) is 23.0 Å². The van der Waals surface area contributed by atoms with Crippen LogP contribution in [0.25, 0.3) is 10.9 Å². The van der Waals surface area contributed by atoms with Crippen molar-refractivity contribution in [2.24, 2.45) is 10.8 Å². The number of nitrogens with zero attached hydrogens (tertiary/aromatic N) is 5. The minimum absolute atomic E-state index is 0.00214. The van der Waals surface area contributed by atoms with Crippen molar-refractivity contribution < 1.29 is 23.4 Å². The molecule has 0 unspecified atom stereocenters. The number of primary amides is 1. The summed E-state index contributed by atoms with van der Waals surface area (Å²) >= 11 is 5.92. The van der Waals surface area contributed by atoms with Crippen LogP contribution in [-0.4, -0.2) is 80.5 Å². The quantitative estimate of drug-likeness (QED) is 0.129. The largest absolute Gasteiger partial charge is 0.493 e. The predicted octanol–water partition coefficient (Wildman–Crippen LogP) is 5.76. The zero-order valence-corrected chi connectivity index (χ0v) is 25.3. The molecule has 230 valence electrons. The zero-order chi connectivity index (χ0) is 31.1. The second kappa shape index (κ2) is 14.3. The van der Waals surface area contributed by atoms with Crippen molar-refractivity contribution in [3.63, 3.8) is 0 Å². The number of piperazine rings is 1. The van der Waals surface area contributed by atoms with Crippen LogP contribution in [0.3, 0.4) is 0 Å². The first-order valence-corrected chi connectivity index (χ1v) is 14.6. The van der Waals surface area contributed by atoms with E-state index in [9.17, 15) is 4.79 Å². The number of hydrogen-bond acceptors (Lipinski definition) is 8.